The first-order chi connectivity index (χ1) is 14.6. The van der Waals surface area contributed by atoms with Crippen LogP contribution in [0.3, 0.4) is 0 Å². The van der Waals surface area contributed by atoms with Crippen molar-refractivity contribution in [2.45, 2.75) is 50.3 Å². The molecule has 6 heteroatoms. The molecule has 0 aromatic heterocycles. The average molecular weight is 406 g/mol. The summed E-state index contributed by atoms with van der Waals surface area (Å²) in [5.41, 5.74) is 2.54. The highest BCUT2D eigenvalue weighted by molar-refractivity contribution is 5.90. The van der Waals surface area contributed by atoms with Crippen molar-refractivity contribution in [3.8, 4) is 0 Å². The van der Waals surface area contributed by atoms with Gasteiger partial charge in [0.25, 0.3) is 0 Å². The standard InChI is InChI=1S/C24H26N2O4/c1-3-29-24(28)17-14(2)30-23(19-18(25-19)15-10-6-4-7-11-15)26-20(21(26)22(17)27)16-12-8-5-9-13-16/h4-13,18-23,25,27H,3H2,1-2H3. The number of carbonyl (C=O) groups is 1. The molecule has 30 heavy (non-hydrogen) atoms. The van der Waals surface area contributed by atoms with Crippen LogP contribution in [0.5, 0.6) is 0 Å². The normalized spacial score (nSPS) is 34.4. The lowest BCUT2D eigenvalue weighted by molar-refractivity contribution is -0.140. The van der Waals surface area contributed by atoms with Crippen LogP contribution in [0.15, 0.2) is 72.0 Å². The Morgan fingerprint density at radius 1 is 1.10 bits per heavy atom. The van der Waals surface area contributed by atoms with Crippen molar-refractivity contribution >= 4 is 5.97 Å². The van der Waals surface area contributed by atoms with Crippen LogP contribution >= 0.6 is 0 Å². The van der Waals surface area contributed by atoms with Gasteiger partial charge in [-0.1, -0.05) is 60.7 Å². The van der Waals surface area contributed by atoms with Crippen LogP contribution in [0.4, 0.5) is 0 Å². The molecule has 3 aliphatic rings. The second-order valence-corrected chi connectivity index (χ2v) is 8.02. The zero-order valence-electron chi connectivity index (χ0n) is 17.1. The number of rotatable bonds is 5. The lowest BCUT2D eigenvalue weighted by Gasteiger charge is -2.21. The molecule has 0 spiro atoms. The molecular weight excluding hydrogens is 380 g/mol. The van der Waals surface area contributed by atoms with E-state index >= 15 is 0 Å². The van der Waals surface area contributed by atoms with Gasteiger partial charge >= 0.3 is 5.97 Å². The number of nitrogens with zero attached hydrogens (tertiary/aromatic N) is 1. The van der Waals surface area contributed by atoms with Crippen molar-refractivity contribution in [3.05, 3.63) is 83.1 Å². The van der Waals surface area contributed by atoms with Crippen molar-refractivity contribution in [2.24, 2.45) is 0 Å². The van der Waals surface area contributed by atoms with E-state index in [0.29, 0.717) is 5.76 Å². The predicted molar refractivity (Wildman–Crippen MR) is 111 cm³/mol. The first-order valence-electron chi connectivity index (χ1n) is 10.5. The van der Waals surface area contributed by atoms with E-state index in [4.69, 9.17) is 9.47 Å². The Morgan fingerprint density at radius 2 is 1.73 bits per heavy atom. The van der Waals surface area contributed by atoms with E-state index in [9.17, 15) is 9.90 Å². The van der Waals surface area contributed by atoms with Gasteiger partial charge in [0.15, 0.2) is 6.23 Å². The summed E-state index contributed by atoms with van der Waals surface area (Å²) in [5.74, 6) is -0.0735. The van der Waals surface area contributed by atoms with Gasteiger partial charge in [-0.05, 0) is 25.0 Å². The summed E-state index contributed by atoms with van der Waals surface area (Å²) in [6.45, 7) is 3.75. The fourth-order valence-electron chi connectivity index (χ4n) is 4.73. The van der Waals surface area contributed by atoms with Crippen molar-refractivity contribution in [2.75, 3.05) is 6.61 Å². The number of allylic oxidation sites excluding steroid dienone is 1. The van der Waals surface area contributed by atoms with E-state index in [1.165, 1.54) is 5.56 Å². The van der Waals surface area contributed by atoms with Crippen LogP contribution in [-0.2, 0) is 14.3 Å². The third kappa shape index (κ3) is 3.21. The van der Waals surface area contributed by atoms with Crippen molar-refractivity contribution in [3.63, 3.8) is 0 Å². The van der Waals surface area contributed by atoms with Gasteiger partial charge in [-0.15, -0.1) is 0 Å². The summed E-state index contributed by atoms with van der Waals surface area (Å²) >= 11 is 0. The molecule has 7 unspecified atom stereocenters. The van der Waals surface area contributed by atoms with Crippen LogP contribution < -0.4 is 5.32 Å². The maximum Gasteiger partial charge on any atom is 0.340 e. The number of nitrogens with one attached hydrogen (secondary N) is 1. The number of ether oxygens (including phenoxy) is 2. The molecule has 2 N–H and O–H groups in total. The van der Waals surface area contributed by atoms with Crippen molar-refractivity contribution in [1.82, 2.24) is 10.2 Å². The van der Waals surface area contributed by atoms with Crippen molar-refractivity contribution in [1.29, 1.82) is 0 Å². The minimum atomic E-state index is -0.965. The molecule has 0 radical (unpaired) electrons. The second kappa shape index (κ2) is 7.54. The van der Waals surface area contributed by atoms with Crippen LogP contribution in [0.2, 0.25) is 0 Å². The summed E-state index contributed by atoms with van der Waals surface area (Å²) in [5, 5.41) is 14.7. The molecule has 2 aromatic rings. The number of benzene rings is 2. The summed E-state index contributed by atoms with van der Waals surface area (Å²) in [6.07, 6.45) is -1.25. The average Bonchev–Trinajstić information content (AvgIpc) is 3.67. The van der Waals surface area contributed by atoms with Gasteiger partial charge in [-0.3, -0.25) is 10.2 Å². The molecule has 2 fully saturated rings. The number of carbonyl (C=O) groups excluding carboxylic acids is 1. The van der Waals surface area contributed by atoms with Crippen LogP contribution in [0, 0.1) is 0 Å². The molecule has 3 aliphatic heterocycles. The summed E-state index contributed by atoms with van der Waals surface area (Å²) in [4.78, 5) is 14.8. The summed E-state index contributed by atoms with van der Waals surface area (Å²) in [6, 6.07) is 20.4. The predicted octanol–water partition coefficient (Wildman–Crippen LogP) is 2.68. The van der Waals surface area contributed by atoms with Gasteiger partial charge in [0.1, 0.15) is 17.4 Å². The molecule has 2 aromatic carbocycles. The second-order valence-electron chi connectivity index (χ2n) is 8.02. The molecule has 3 heterocycles. The van der Waals surface area contributed by atoms with E-state index in [1.807, 2.05) is 36.4 Å². The minimum Gasteiger partial charge on any atom is -0.477 e. The molecule has 0 amide bonds. The van der Waals surface area contributed by atoms with E-state index in [-0.39, 0.29) is 42.6 Å². The Bertz CT molecular complexity index is 962. The SMILES string of the molecule is CCOC(=O)C1=C(C)OC(C2NC2c2ccccc2)N2C(c3ccccc3)C2C1O. The van der Waals surface area contributed by atoms with Gasteiger partial charge in [0.05, 0.1) is 30.8 Å². The fourth-order valence-corrected chi connectivity index (χ4v) is 4.73. The maximum absolute atomic E-state index is 12.6. The van der Waals surface area contributed by atoms with Gasteiger partial charge in [-0.25, -0.2) is 4.79 Å². The van der Waals surface area contributed by atoms with Gasteiger partial charge in [0.2, 0.25) is 0 Å². The van der Waals surface area contributed by atoms with Crippen LogP contribution in [0.25, 0.3) is 0 Å². The smallest absolute Gasteiger partial charge is 0.340 e. The molecule has 7 atom stereocenters. The molecule has 2 saturated heterocycles. The van der Waals surface area contributed by atoms with Crippen molar-refractivity contribution < 1.29 is 19.4 Å². The summed E-state index contributed by atoms with van der Waals surface area (Å²) < 4.78 is 11.5. The topological polar surface area (TPSA) is 80.7 Å². The molecular formula is C24H26N2O4. The van der Waals surface area contributed by atoms with E-state index < -0.39 is 12.1 Å². The number of hydrogen-bond donors (Lipinski definition) is 2. The van der Waals surface area contributed by atoms with E-state index in [1.54, 1.807) is 13.8 Å². The molecule has 6 nitrogen and oxygen atoms in total. The highest BCUT2D eigenvalue weighted by Gasteiger charge is 2.64. The molecule has 0 bridgehead atoms. The Balaban J connectivity index is 1.48. The van der Waals surface area contributed by atoms with Gasteiger partial charge < -0.3 is 14.6 Å². The Hall–Kier alpha value is -2.67. The largest absolute Gasteiger partial charge is 0.477 e. The first kappa shape index (κ1) is 19.3. The highest BCUT2D eigenvalue weighted by Crippen LogP contribution is 2.53. The Kier molecular flexibility index (Phi) is 4.85. The lowest BCUT2D eigenvalue weighted by atomic mass is 10.0. The number of fused-ring (bicyclic) bond motifs is 1. The Morgan fingerprint density at radius 3 is 2.37 bits per heavy atom. The molecule has 156 valence electrons. The monoisotopic (exact) mass is 406 g/mol. The van der Waals surface area contributed by atoms with Crippen LogP contribution in [0.1, 0.15) is 37.1 Å². The molecule has 0 saturated carbocycles. The Labute approximate surface area is 176 Å². The first-order valence-corrected chi connectivity index (χ1v) is 10.5. The number of aliphatic hydroxyl groups excluding tert-OH is 1. The third-order valence-electron chi connectivity index (χ3n) is 6.21. The number of hydrogen-bond acceptors (Lipinski definition) is 6. The third-order valence-corrected chi connectivity index (χ3v) is 6.21. The maximum atomic E-state index is 12.6. The quantitative estimate of drug-likeness (QED) is 0.587. The lowest BCUT2D eigenvalue weighted by Crippen LogP contribution is -2.32. The summed E-state index contributed by atoms with van der Waals surface area (Å²) in [7, 11) is 0. The highest BCUT2D eigenvalue weighted by atomic mass is 16.5. The molecule has 0 aliphatic carbocycles. The number of aliphatic hydroxyl groups is 1. The van der Waals surface area contributed by atoms with Gasteiger partial charge in [-0.2, -0.15) is 0 Å². The van der Waals surface area contributed by atoms with Crippen LogP contribution in [-0.4, -0.2) is 47.0 Å². The van der Waals surface area contributed by atoms with E-state index in [2.05, 4.69) is 34.5 Å². The van der Waals surface area contributed by atoms with E-state index in [0.717, 1.165) is 5.56 Å². The zero-order valence-corrected chi connectivity index (χ0v) is 17.1. The molecule has 5 rings (SSSR count). The number of esters is 1. The minimum absolute atomic E-state index is 0.0115. The fraction of sp³-hybridized carbons (Fsp3) is 0.375. The van der Waals surface area contributed by atoms with Gasteiger partial charge in [0, 0.05) is 0 Å². The zero-order chi connectivity index (χ0) is 20.8.